The van der Waals surface area contributed by atoms with Crippen LogP contribution in [0.2, 0.25) is 0 Å². The molecule has 0 fully saturated rings. The highest BCUT2D eigenvalue weighted by Crippen LogP contribution is 2.42. The lowest BCUT2D eigenvalue weighted by atomic mass is 9.68. The highest BCUT2D eigenvalue weighted by atomic mass is 35.5. The van der Waals surface area contributed by atoms with E-state index < -0.39 is 0 Å². The van der Waals surface area contributed by atoms with Crippen LogP contribution in [0.3, 0.4) is 0 Å². The van der Waals surface area contributed by atoms with Gasteiger partial charge < -0.3 is 0 Å². The van der Waals surface area contributed by atoms with Gasteiger partial charge >= 0.3 is 0 Å². The first-order valence-electron chi connectivity index (χ1n) is 14.9. The Bertz CT molecular complexity index is 508. The molecule has 0 saturated carbocycles. The van der Waals surface area contributed by atoms with Crippen molar-refractivity contribution < 1.29 is 0 Å². The molecule has 0 saturated heterocycles. The van der Waals surface area contributed by atoms with Crippen molar-refractivity contribution in [3.8, 4) is 0 Å². The Kier molecular flexibility index (Phi) is 19.3. The van der Waals surface area contributed by atoms with E-state index in [-0.39, 0.29) is 0 Å². The number of alkyl halides is 1. The molecule has 1 heteroatoms. The van der Waals surface area contributed by atoms with Crippen molar-refractivity contribution in [2.75, 3.05) is 0 Å². The van der Waals surface area contributed by atoms with Crippen LogP contribution in [-0.2, 0) is 11.3 Å². The molecule has 0 bridgehead atoms. The summed E-state index contributed by atoms with van der Waals surface area (Å²) in [5, 5.41) is 0. The summed E-state index contributed by atoms with van der Waals surface area (Å²) in [4.78, 5) is 0. The zero-order valence-corrected chi connectivity index (χ0v) is 23.5. The van der Waals surface area contributed by atoms with E-state index in [0.29, 0.717) is 11.3 Å². The van der Waals surface area contributed by atoms with Crippen molar-refractivity contribution in [3.63, 3.8) is 0 Å². The molecular formula is C32H57Cl. The first-order valence-corrected chi connectivity index (χ1v) is 15.4. The van der Waals surface area contributed by atoms with Gasteiger partial charge in [-0.3, -0.25) is 0 Å². The maximum atomic E-state index is 6.49. The highest BCUT2D eigenvalue weighted by molar-refractivity contribution is 6.17. The van der Waals surface area contributed by atoms with Gasteiger partial charge in [-0.15, -0.1) is 11.6 Å². The summed E-state index contributed by atoms with van der Waals surface area (Å²) in [5.41, 5.74) is 3.32. The molecule has 0 aliphatic heterocycles. The van der Waals surface area contributed by atoms with Gasteiger partial charge in [-0.25, -0.2) is 0 Å². The minimum atomic E-state index is 0.339. The van der Waals surface area contributed by atoms with Gasteiger partial charge in [0.25, 0.3) is 0 Å². The summed E-state index contributed by atoms with van der Waals surface area (Å²) in [5.74, 6) is 0.654. The van der Waals surface area contributed by atoms with Gasteiger partial charge in [-0.2, -0.15) is 0 Å². The van der Waals surface area contributed by atoms with Gasteiger partial charge in [0.2, 0.25) is 0 Å². The average molecular weight is 477 g/mol. The molecule has 0 aromatic heterocycles. The minimum Gasteiger partial charge on any atom is -0.122 e. The Morgan fingerprint density at radius 1 is 0.515 bits per heavy atom. The fourth-order valence-corrected chi connectivity index (χ4v) is 5.90. The van der Waals surface area contributed by atoms with Gasteiger partial charge in [0.05, 0.1) is 0 Å². The van der Waals surface area contributed by atoms with Crippen LogP contribution in [0, 0.1) is 0 Å². The third kappa shape index (κ3) is 13.2. The lowest BCUT2D eigenvalue weighted by molar-refractivity contribution is 0.297. The van der Waals surface area contributed by atoms with Crippen LogP contribution < -0.4 is 0 Å². The molecule has 0 unspecified atom stereocenters. The van der Waals surface area contributed by atoms with E-state index in [0.717, 1.165) is 0 Å². The molecule has 33 heavy (non-hydrogen) atoms. The van der Waals surface area contributed by atoms with Crippen molar-refractivity contribution in [1.82, 2.24) is 0 Å². The van der Waals surface area contributed by atoms with Crippen LogP contribution in [0.4, 0.5) is 0 Å². The Labute approximate surface area is 213 Å². The SMILES string of the molecule is CCCCCCCCC(CCCCCCCC)(CCCCCCCC)c1ccccc1CCl. The van der Waals surface area contributed by atoms with E-state index in [1.165, 1.54) is 140 Å². The molecule has 0 radical (unpaired) electrons. The quantitative estimate of drug-likeness (QED) is 0.109. The van der Waals surface area contributed by atoms with Crippen molar-refractivity contribution in [1.29, 1.82) is 0 Å². The molecule has 0 heterocycles. The number of benzene rings is 1. The Balaban J connectivity index is 2.90. The molecule has 1 aromatic rings. The van der Waals surface area contributed by atoms with Gasteiger partial charge in [0, 0.05) is 5.88 Å². The maximum Gasteiger partial charge on any atom is 0.0477 e. The topological polar surface area (TPSA) is 0 Å². The Hall–Kier alpha value is -0.490. The van der Waals surface area contributed by atoms with Crippen LogP contribution in [0.5, 0.6) is 0 Å². The number of halogens is 1. The van der Waals surface area contributed by atoms with Gasteiger partial charge in [0.15, 0.2) is 0 Å². The summed E-state index contributed by atoms with van der Waals surface area (Å²) < 4.78 is 0. The largest absolute Gasteiger partial charge is 0.122 e. The van der Waals surface area contributed by atoms with Crippen LogP contribution in [0.1, 0.15) is 167 Å². The summed E-state index contributed by atoms with van der Waals surface area (Å²) in [6, 6.07) is 9.18. The number of hydrogen-bond acceptors (Lipinski definition) is 0. The van der Waals surface area contributed by atoms with Crippen LogP contribution >= 0.6 is 11.6 Å². The summed E-state index contributed by atoms with van der Waals surface area (Å²) >= 11 is 6.49. The second-order valence-electron chi connectivity index (χ2n) is 10.6. The molecule has 0 amide bonds. The predicted molar refractivity (Wildman–Crippen MR) is 152 cm³/mol. The van der Waals surface area contributed by atoms with E-state index in [1.807, 2.05) is 0 Å². The lowest BCUT2D eigenvalue weighted by Crippen LogP contribution is -2.28. The predicted octanol–water partition coefficient (Wildman–Crippen LogP) is 11.9. The number of unbranched alkanes of at least 4 members (excludes halogenated alkanes) is 15. The van der Waals surface area contributed by atoms with Crippen LogP contribution in [0.15, 0.2) is 24.3 Å². The zero-order chi connectivity index (χ0) is 24.0. The molecule has 0 atom stereocenters. The fourth-order valence-electron chi connectivity index (χ4n) is 5.66. The van der Waals surface area contributed by atoms with Crippen molar-refractivity contribution >= 4 is 11.6 Å². The molecule has 0 aliphatic carbocycles. The molecule has 0 aliphatic rings. The average Bonchev–Trinajstić information content (AvgIpc) is 2.85. The first-order chi connectivity index (χ1) is 16.2. The molecule has 0 N–H and O–H groups in total. The fraction of sp³-hybridized carbons (Fsp3) is 0.812. The number of hydrogen-bond donors (Lipinski definition) is 0. The molecule has 1 aromatic carbocycles. The third-order valence-corrected chi connectivity index (χ3v) is 8.05. The Morgan fingerprint density at radius 2 is 0.879 bits per heavy atom. The van der Waals surface area contributed by atoms with E-state index in [2.05, 4.69) is 45.0 Å². The molecule has 192 valence electrons. The van der Waals surface area contributed by atoms with Crippen molar-refractivity contribution in [2.45, 2.75) is 167 Å². The van der Waals surface area contributed by atoms with Gasteiger partial charge in [0.1, 0.15) is 0 Å². The Morgan fingerprint density at radius 3 is 1.27 bits per heavy atom. The standard InChI is InChI=1S/C32H57Cl/c1-4-7-10-13-16-21-26-32(27-22-17-14-11-8-5-2,28-23-18-15-12-9-6-3)31-25-20-19-24-30(31)29-33/h19-20,24-25H,4-18,21-23,26-29H2,1-3H3. The van der Waals surface area contributed by atoms with Crippen LogP contribution in [-0.4, -0.2) is 0 Å². The van der Waals surface area contributed by atoms with Crippen molar-refractivity contribution in [3.05, 3.63) is 35.4 Å². The molecule has 1 rings (SSSR count). The maximum absolute atomic E-state index is 6.49. The van der Waals surface area contributed by atoms with E-state index >= 15 is 0 Å². The van der Waals surface area contributed by atoms with Crippen LogP contribution in [0.25, 0.3) is 0 Å². The second-order valence-corrected chi connectivity index (χ2v) is 10.9. The normalized spacial score (nSPS) is 11.9. The second kappa shape index (κ2) is 20.8. The molecule has 0 nitrogen and oxygen atoms in total. The summed E-state index contributed by atoms with van der Waals surface area (Å²) in [6.45, 7) is 6.94. The van der Waals surface area contributed by atoms with Crippen molar-refractivity contribution in [2.24, 2.45) is 0 Å². The number of rotatable bonds is 23. The third-order valence-electron chi connectivity index (χ3n) is 7.76. The smallest absolute Gasteiger partial charge is 0.0477 e. The summed E-state index contributed by atoms with van der Waals surface area (Å²) in [6.07, 6.45) is 29.1. The van der Waals surface area contributed by atoms with E-state index in [4.69, 9.17) is 11.6 Å². The molecule has 0 spiro atoms. The first kappa shape index (κ1) is 30.5. The highest BCUT2D eigenvalue weighted by Gasteiger charge is 2.32. The molecular weight excluding hydrogens is 420 g/mol. The zero-order valence-electron chi connectivity index (χ0n) is 22.7. The van der Waals surface area contributed by atoms with Gasteiger partial charge in [-0.1, -0.05) is 161 Å². The summed E-state index contributed by atoms with van der Waals surface area (Å²) in [7, 11) is 0. The lowest BCUT2D eigenvalue weighted by Gasteiger charge is -2.37. The van der Waals surface area contributed by atoms with Gasteiger partial charge in [-0.05, 0) is 35.8 Å². The minimum absolute atomic E-state index is 0.339. The monoisotopic (exact) mass is 476 g/mol. The van der Waals surface area contributed by atoms with E-state index in [9.17, 15) is 0 Å². The van der Waals surface area contributed by atoms with E-state index in [1.54, 1.807) is 5.56 Å².